The van der Waals surface area contributed by atoms with E-state index < -0.39 is 0 Å². The molecular weight excluding hydrogens is 164 g/mol. The normalized spacial score (nSPS) is 16.6. The molecule has 0 unspecified atom stereocenters. The van der Waals surface area contributed by atoms with Crippen LogP contribution in [-0.2, 0) is 6.54 Å². The lowest BCUT2D eigenvalue weighted by molar-refractivity contribution is 0.704. The van der Waals surface area contributed by atoms with Gasteiger partial charge in [0.25, 0.3) is 0 Å². The molecule has 1 aliphatic heterocycles. The highest BCUT2D eigenvalue weighted by atomic mass is 15.2. The van der Waals surface area contributed by atoms with Crippen LogP contribution in [0.2, 0.25) is 0 Å². The van der Waals surface area contributed by atoms with Gasteiger partial charge in [0.1, 0.15) is 12.1 Å². The number of likely N-dealkylation sites (N-methyl/N-ethyl adjacent to an activating group) is 1. The summed E-state index contributed by atoms with van der Waals surface area (Å²) in [5.74, 6) is 1.07. The summed E-state index contributed by atoms with van der Waals surface area (Å²) in [5, 5.41) is 3.35. The zero-order valence-corrected chi connectivity index (χ0v) is 8.04. The largest absolute Gasteiger partial charge is 0.358 e. The van der Waals surface area contributed by atoms with E-state index in [4.69, 9.17) is 0 Å². The van der Waals surface area contributed by atoms with Gasteiger partial charge in [0.2, 0.25) is 0 Å². The number of aromatic nitrogens is 2. The Morgan fingerprint density at radius 3 is 3.15 bits per heavy atom. The molecule has 0 saturated heterocycles. The van der Waals surface area contributed by atoms with Crippen molar-refractivity contribution in [2.24, 2.45) is 0 Å². The van der Waals surface area contributed by atoms with Crippen LogP contribution in [0.25, 0.3) is 0 Å². The van der Waals surface area contributed by atoms with Crippen LogP contribution in [0.5, 0.6) is 0 Å². The summed E-state index contributed by atoms with van der Waals surface area (Å²) >= 11 is 0. The fraction of sp³-hybridized carbons (Fsp3) is 0.556. The number of hydrogen-bond donors (Lipinski definition) is 1. The van der Waals surface area contributed by atoms with Crippen LogP contribution in [0, 0.1) is 6.92 Å². The van der Waals surface area contributed by atoms with Gasteiger partial charge in [-0.05, 0) is 6.92 Å². The molecule has 0 saturated carbocycles. The molecule has 13 heavy (non-hydrogen) atoms. The summed E-state index contributed by atoms with van der Waals surface area (Å²) < 4.78 is 0. The molecule has 0 spiro atoms. The van der Waals surface area contributed by atoms with Gasteiger partial charge in [-0.3, -0.25) is 0 Å². The van der Waals surface area contributed by atoms with Crippen molar-refractivity contribution in [1.82, 2.24) is 15.3 Å². The zero-order chi connectivity index (χ0) is 9.26. The highest BCUT2D eigenvalue weighted by Crippen LogP contribution is 2.19. The highest BCUT2D eigenvalue weighted by molar-refractivity contribution is 5.48. The van der Waals surface area contributed by atoms with E-state index in [9.17, 15) is 0 Å². The van der Waals surface area contributed by atoms with Gasteiger partial charge in [-0.25, -0.2) is 9.97 Å². The molecule has 1 aromatic heterocycles. The Morgan fingerprint density at radius 2 is 2.31 bits per heavy atom. The van der Waals surface area contributed by atoms with E-state index in [0.29, 0.717) is 0 Å². The molecule has 1 aliphatic rings. The maximum atomic E-state index is 4.30. The number of rotatable bonds is 0. The molecular formula is C9H14N4. The van der Waals surface area contributed by atoms with E-state index in [0.717, 1.165) is 31.1 Å². The molecule has 70 valence electrons. The minimum atomic E-state index is 0.881. The second-order valence-electron chi connectivity index (χ2n) is 3.36. The molecule has 0 amide bonds. The van der Waals surface area contributed by atoms with E-state index >= 15 is 0 Å². The van der Waals surface area contributed by atoms with Gasteiger partial charge in [0, 0.05) is 37.9 Å². The Bertz CT molecular complexity index is 310. The Kier molecular flexibility index (Phi) is 2.14. The van der Waals surface area contributed by atoms with Gasteiger partial charge < -0.3 is 10.2 Å². The summed E-state index contributed by atoms with van der Waals surface area (Å²) in [6, 6.07) is 0. The first kappa shape index (κ1) is 8.44. The first-order valence-electron chi connectivity index (χ1n) is 4.51. The van der Waals surface area contributed by atoms with Gasteiger partial charge in [0.15, 0.2) is 0 Å². The first-order valence-corrected chi connectivity index (χ1v) is 4.51. The summed E-state index contributed by atoms with van der Waals surface area (Å²) in [7, 11) is 2.07. The molecule has 2 heterocycles. The number of aryl methyl sites for hydroxylation is 1. The van der Waals surface area contributed by atoms with Crippen molar-refractivity contribution in [2.75, 3.05) is 25.0 Å². The number of fused-ring (bicyclic) bond motifs is 1. The standard InChI is InChI=1S/C9H14N4/c1-7-8-5-10-3-4-13(2)9(8)12-6-11-7/h6,10H,3-5H2,1-2H3. The lowest BCUT2D eigenvalue weighted by Gasteiger charge is -2.17. The topological polar surface area (TPSA) is 41.1 Å². The van der Waals surface area contributed by atoms with Crippen LogP contribution < -0.4 is 10.2 Å². The van der Waals surface area contributed by atoms with Crippen LogP contribution in [0.3, 0.4) is 0 Å². The monoisotopic (exact) mass is 178 g/mol. The van der Waals surface area contributed by atoms with Crippen molar-refractivity contribution in [1.29, 1.82) is 0 Å². The number of nitrogens with one attached hydrogen (secondary N) is 1. The zero-order valence-electron chi connectivity index (χ0n) is 8.04. The number of nitrogens with zero attached hydrogens (tertiary/aromatic N) is 3. The van der Waals surface area contributed by atoms with E-state index in [-0.39, 0.29) is 0 Å². The Morgan fingerprint density at radius 1 is 1.46 bits per heavy atom. The molecule has 0 fully saturated rings. The molecule has 4 nitrogen and oxygen atoms in total. The molecule has 0 aromatic carbocycles. The molecule has 0 bridgehead atoms. The van der Waals surface area contributed by atoms with Crippen molar-refractivity contribution >= 4 is 5.82 Å². The fourth-order valence-corrected chi connectivity index (χ4v) is 1.59. The predicted molar refractivity (Wildman–Crippen MR) is 51.7 cm³/mol. The third kappa shape index (κ3) is 1.49. The fourth-order valence-electron chi connectivity index (χ4n) is 1.59. The van der Waals surface area contributed by atoms with Crippen LogP contribution in [0.1, 0.15) is 11.3 Å². The summed E-state index contributed by atoms with van der Waals surface area (Å²) in [6.45, 7) is 4.92. The van der Waals surface area contributed by atoms with Gasteiger partial charge >= 0.3 is 0 Å². The SMILES string of the molecule is Cc1ncnc2c1CNCCN2C. The maximum Gasteiger partial charge on any atom is 0.136 e. The van der Waals surface area contributed by atoms with Crippen molar-refractivity contribution in [3.8, 4) is 0 Å². The quantitative estimate of drug-likeness (QED) is 0.621. The van der Waals surface area contributed by atoms with E-state index in [1.165, 1.54) is 5.56 Å². The third-order valence-electron chi connectivity index (χ3n) is 2.43. The average Bonchev–Trinajstić information content (AvgIpc) is 2.30. The molecule has 0 aliphatic carbocycles. The van der Waals surface area contributed by atoms with Gasteiger partial charge in [0.05, 0.1) is 0 Å². The Balaban J connectivity index is 2.47. The summed E-state index contributed by atoms with van der Waals surface area (Å²) in [5.41, 5.74) is 2.30. The van der Waals surface area contributed by atoms with Gasteiger partial charge in [-0.2, -0.15) is 0 Å². The summed E-state index contributed by atoms with van der Waals surface area (Å²) in [6.07, 6.45) is 1.63. The van der Waals surface area contributed by atoms with Gasteiger partial charge in [-0.1, -0.05) is 0 Å². The summed E-state index contributed by atoms with van der Waals surface area (Å²) in [4.78, 5) is 10.7. The lowest BCUT2D eigenvalue weighted by atomic mass is 10.2. The molecule has 0 atom stereocenters. The van der Waals surface area contributed by atoms with Crippen molar-refractivity contribution < 1.29 is 0 Å². The highest BCUT2D eigenvalue weighted by Gasteiger charge is 2.14. The maximum absolute atomic E-state index is 4.30. The van der Waals surface area contributed by atoms with E-state index in [1.54, 1.807) is 6.33 Å². The number of hydrogen-bond acceptors (Lipinski definition) is 4. The van der Waals surface area contributed by atoms with Crippen molar-refractivity contribution in [3.63, 3.8) is 0 Å². The smallest absolute Gasteiger partial charge is 0.136 e. The van der Waals surface area contributed by atoms with Crippen LogP contribution in [0.15, 0.2) is 6.33 Å². The molecule has 4 heteroatoms. The molecule has 2 rings (SSSR count). The number of anilines is 1. The second-order valence-corrected chi connectivity index (χ2v) is 3.36. The first-order chi connectivity index (χ1) is 6.29. The third-order valence-corrected chi connectivity index (χ3v) is 2.43. The van der Waals surface area contributed by atoms with Crippen LogP contribution in [0.4, 0.5) is 5.82 Å². The van der Waals surface area contributed by atoms with Crippen LogP contribution in [-0.4, -0.2) is 30.1 Å². The Labute approximate surface area is 78.0 Å². The molecule has 1 aromatic rings. The van der Waals surface area contributed by atoms with Crippen molar-refractivity contribution in [2.45, 2.75) is 13.5 Å². The second kappa shape index (κ2) is 3.30. The van der Waals surface area contributed by atoms with Crippen LogP contribution >= 0.6 is 0 Å². The minimum Gasteiger partial charge on any atom is -0.358 e. The van der Waals surface area contributed by atoms with Gasteiger partial charge in [-0.15, -0.1) is 0 Å². The predicted octanol–water partition coefficient (Wildman–Crippen LogP) is 0.324. The Hall–Kier alpha value is -1.16. The molecule has 0 radical (unpaired) electrons. The van der Waals surface area contributed by atoms with E-state index in [2.05, 4.69) is 27.2 Å². The van der Waals surface area contributed by atoms with Crippen molar-refractivity contribution in [3.05, 3.63) is 17.6 Å². The lowest BCUT2D eigenvalue weighted by Crippen LogP contribution is -2.25. The average molecular weight is 178 g/mol. The van der Waals surface area contributed by atoms with E-state index in [1.807, 2.05) is 6.92 Å². The molecule has 1 N–H and O–H groups in total. The minimum absolute atomic E-state index is 0.881.